The average molecular weight is 349 g/mol. The first-order valence-corrected chi connectivity index (χ1v) is 7.22. The molecule has 0 heterocycles. The molecule has 0 aliphatic heterocycles. The smallest absolute Gasteiger partial charge is 0.146 e. The third-order valence-corrected chi connectivity index (χ3v) is 4.12. The second-order valence-electron chi connectivity index (χ2n) is 4.39. The van der Waals surface area contributed by atoms with E-state index in [4.69, 9.17) is 22.1 Å². The summed E-state index contributed by atoms with van der Waals surface area (Å²) in [7, 11) is 0. The lowest BCUT2D eigenvalue weighted by atomic mass is 10.1. The van der Waals surface area contributed by atoms with Crippen molar-refractivity contribution in [1.29, 1.82) is 0 Å². The average Bonchev–Trinajstić information content (AvgIpc) is 2.45. The van der Waals surface area contributed by atoms with Gasteiger partial charge in [-0.05, 0) is 51.0 Å². The number of hydrogen-bond acceptors (Lipinski definition) is 2. The van der Waals surface area contributed by atoms with E-state index in [2.05, 4.69) is 22.0 Å². The van der Waals surface area contributed by atoms with Crippen molar-refractivity contribution in [3.05, 3.63) is 64.1 Å². The number of fused-ring (bicyclic) bond motifs is 1. The standard InChI is InChI=1S/C16H11BrClNO/c17-16-12-4-2-1-3-10(12)5-7-15(16)20-14-8-6-11(19)9-13(14)18/h1-9H,19H2. The van der Waals surface area contributed by atoms with Crippen molar-refractivity contribution in [3.63, 3.8) is 0 Å². The molecule has 0 saturated heterocycles. The van der Waals surface area contributed by atoms with Gasteiger partial charge in [-0.2, -0.15) is 0 Å². The summed E-state index contributed by atoms with van der Waals surface area (Å²) in [6, 6.07) is 17.2. The quantitative estimate of drug-likeness (QED) is 0.609. The van der Waals surface area contributed by atoms with Crippen LogP contribution in [-0.2, 0) is 0 Å². The van der Waals surface area contributed by atoms with Gasteiger partial charge < -0.3 is 10.5 Å². The summed E-state index contributed by atoms with van der Waals surface area (Å²) in [5.41, 5.74) is 6.29. The molecule has 0 fully saturated rings. The summed E-state index contributed by atoms with van der Waals surface area (Å²) in [6.45, 7) is 0. The molecule has 2 nitrogen and oxygen atoms in total. The van der Waals surface area contributed by atoms with Gasteiger partial charge in [0, 0.05) is 5.69 Å². The van der Waals surface area contributed by atoms with Crippen LogP contribution < -0.4 is 10.5 Å². The molecular formula is C16H11BrClNO. The molecule has 0 unspecified atom stereocenters. The second-order valence-corrected chi connectivity index (χ2v) is 5.59. The van der Waals surface area contributed by atoms with Gasteiger partial charge in [0.2, 0.25) is 0 Å². The Hall–Kier alpha value is -1.71. The lowest BCUT2D eigenvalue weighted by molar-refractivity contribution is 0.481. The molecule has 3 aromatic rings. The Bertz CT molecular complexity index is 789. The predicted molar refractivity (Wildman–Crippen MR) is 87.6 cm³/mol. The van der Waals surface area contributed by atoms with E-state index in [9.17, 15) is 0 Å². The van der Waals surface area contributed by atoms with Crippen LogP contribution in [0.15, 0.2) is 59.1 Å². The zero-order valence-electron chi connectivity index (χ0n) is 10.4. The van der Waals surface area contributed by atoms with Crippen LogP contribution in [0, 0.1) is 0 Å². The highest BCUT2D eigenvalue weighted by atomic mass is 79.9. The molecule has 0 radical (unpaired) electrons. The molecule has 0 spiro atoms. The zero-order valence-corrected chi connectivity index (χ0v) is 12.8. The highest BCUT2D eigenvalue weighted by molar-refractivity contribution is 9.10. The summed E-state index contributed by atoms with van der Waals surface area (Å²) >= 11 is 9.72. The number of nitrogens with two attached hydrogens (primary N) is 1. The molecule has 3 aromatic carbocycles. The molecule has 0 bridgehead atoms. The maximum Gasteiger partial charge on any atom is 0.146 e. The highest BCUT2D eigenvalue weighted by Gasteiger charge is 2.09. The molecule has 100 valence electrons. The Labute approximate surface area is 130 Å². The summed E-state index contributed by atoms with van der Waals surface area (Å²) < 4.78 is 6.77. The number of benzene rings is 3. The molecule has 0 amide bonds. The second kappa shape index (κ2) is 5.35. The van der Waals surface area contributed by atoms with Crippen molar-refractivity contribution in [2.75, 3.05) is 5.73 Å². The van der Waals surface area contributed by atoms with Crippen LogP contribution in [0.3, 0.4) is 0 Å². The van der Waals surface area contributed by atoms with Crippen molar-refractivity contribution < 1.29 is 4.74 Å². The fraction of sp³-hybridized carbons (Fsp3) is 0. The minimum absolute atomic E-state index is 0.491. The third kappa shape index (κ3) is 2.47. The minimum Gasteiger partial charge on any atom is -0.455 e. The van der Waals surface area contributed by atoms with Crippen LogP contribution in [0.4, 0.5) is 5.69 Å². The van der Waals surface area contributed by atoms with Crippen LogP contribution in [0.1, 0.15) is 0 Å². The van der Waals surface area contributed by atoms with Gasteiger partial charge in [-0.15, -0.1) is 0 Å². The van der Waals surface area contributed by atoms with Crippen LogP contribution in [0.25, 0.3) is 10.8 Å². The van der Waals surface area contributed by atoms with Gasteiger partial charge in [0.1, 0.15) is 11.5 Å². The van der Waals surface area contributed by atoms with Crippen LogP contribution in [0.2, 0.25) is 5.02 Å². The predicted octanol–water partition coefficient (Wildman–Crippen LogP) is 5.63. The number of anilines is 1. The Morgan fingerprint density at radius 3 is 2.50 bits per heavy atom. The maximum atomic E-state index is 6.13. The number of nitrogen functional groups attached to an aromatic ring is 1. The van der Waals surface area contributed by atoms with Crippen molar-refractivity contribution in [1.82, 2.24) is 0 Å². The van der Waals surface area contributed by atoms with Crippen molar-refractivity contribution in [3.8, 4) is 11.5 Å². The first kappa shape index (κ1) is 13.3. The molecule has 0 atom stereocenters. The van der Waals surface area contributed by atoms with E-state index in [-0.39, 0.29) is 0 Å². The topological polar surface area (TPSA) is 35.2 Å². The number of ether oxygens (including phenoxy) is 1. The van der Waals surface area contributed by atoms with Gasteiger partial charge in [-0.25, -0.2) is 0 Å². The Morgan fingerprint density at radius 2 is 1.70 bits per heavy atom. The Kier molecular flexibility index (Phi) is 3.55. The third-order valence-electron chi connectivity index (χ3n) is 3.00. The molecule has 0 aliphatic rings. The first-order valence-electron chi connectivity index (χ1n) is 6.05. The Morgan fingerprint density at radius 1 is 0.950 bits per heavy atom. The fourth-order valence-corrected chi connectivity index (χ4v) is 2.81. The van der Waals surface area contributed by atoms with Gasteiger partial charge >= 0.3 is 0 Å². The monoisotopic (exact) mass is 347 g/mol. The van der Waals surface area contributed by atoms with E-state index in [1.165, 1.54) is 0 Å². The van der Waals surface area contributed by atoms with E-state index in [1.54, 1.807) is 18.2 Å². The summed E-state index contributed by atoms with van der Waals surface area (Å²) in [6.07, 6.45) is 0. The Balaban J connectivity index is 2.04. The molecular weight excluding hydrogens is 338 g/mol. The van der Waals surface area contributed by atoms with Gasteiger partial charge in [-0.3, -0.25) is 0 Å². The summed E-state index contributed by atoms with van der Waals surface area (Å²) in [5.74, 6) is 1.30. The maximum absolute atomic E-state index is 6.13. The summed E-state index contributed by atoms with van der Waals surface area (Å²) in [4.78, 5) is 0. The zero-order chi connectivity index (χ0) is 14.1. The van der Waals surface area contributed by atoms with Crippen molar-refractivity contribution >= 4 is 44.0 Å². The minimum atomic E-state index is 0.491. The molecule has 4 heteroatoms. The molecule has 3 rings (SSSR count). The van der Waals surface area contributed by atoms with E-state index in [1.807, 2.05) is 30.3 Å². The molecule has 0 saturated carbocycles. The van der Waals surface area contributed by atoms with E-state index >= 15 is 0 Å². The lowest BCUT2D eigenvalue weighted by Crippen LogP contribution is -1.89. The first-order chi connectivity index (χ1) is 9.65. The normalized spacial score (nSPS) is 10.7. The van der Waals surface area contributed by atoms with Gasteiger partial charge in [0.25, 0.3) is 0 Å². The van der Waals surface area contributed by atoms with Crippen LogP contribution in [0.5, 0.6) is 11.5 Å². The van der Waals surface area contributed by atoms with E-state index < -0.39 is 0 Å². The van der Waals surface area contributed by atoms with Gasteiger partial charge in [0.15, 0.2) is 0 Å². The largest absolute Gasteiger partial charge is 0.455 e. The van der Waals surface area contributed by atoms with Crippen molar-refractivity contribution in [2.24, 2.45) is 0 Å². The molecule has 0 aromatic heterocycles. The van der Waals surface area contributed by atoms with Gasteiger partial charge in [-0.1, -0.05) is 41.9 Å². The number of hydrogen-bond donors (Lipinski definition) is 1. The molecule has 2 N–H and O–H groups in total. The number of rotatable bonds is 2. The van der Waals surface area contributed by atoms with Gasteiger partial charge in [0.05, 0.1) is 9.50 Å². The number of halogens is 2. The SMILES string of the molecule is Nc1ccc(Oc2ccc3ccccc3c2Br)c(Cl)c1. The van der Waals surface area contributed by atoms with Crippen LogP contribution in [-0.4, -0.2) is 0 Å². The fourth-order valence-electron chi connectivity index (χ4n) is 2.01. The molecule has 20 heavy (non-hydrogen) atoms. The molecule has 0 aliphatic carbocycles. The van der Waals surface area contributed by atoms with Crippen molar-refractivity contribution in [2.45, 2.75) is 0 Å². The highest BCUT2D eigenvalue weighted by Crippen LogP contribution is 2.38. The lowest BCUT2D eigenvalue weighted by Gasteiger charge is -2.11. The van der Waals surface area contributed by atoms with E-state index in [0.717, 1.165) is 21.0 Å². The van der Waals surface area contributed by atoms with Crippen LogP contribution >= 0.6 is 27.5 Å². The van der Waals surface area contributed by atoms with E-state index in [0.29, 0.717) is 16.5 Å². The summed E-state index contributed by atoms with van der Waals surface area (Å²) in [5, 5.41) is 2.73.